The minimum absolute atomic E-state index is 0.0154. The Morgan fingerprint density at radius 1 is 1.00 bits per heavy atom. The van der Waals surface area contributed by atoms with Crippen LogP contribution in [-0.2, 0) is 9.53 Å². The molecule has 1 heterocycles. The predicted octanol–water partition coefficient (Wildman–Crippen LogP) is 2.28. The SMILES string of the molecule is NC[C@@H]1CN(C(=O)COCCOc2ccccc2)C[C@H]1c1ccccc1. The lowest BCUT2D eigenvalue weighted by atomic mass is 9.89. The largest absolute Gasteiger partial charge is 0.491 e. The Hall–Kier alpha value is -2.37. The Kier molecular flexibility index (Phi) is 6.63. The smallest absolute Gasteiger partial charge is 0.248 e. The van der Waals surface area contributed by atoms with E-state index in [-0.39, 0.29) is 12.5 Å². The third kappa shape index (κ3) is 4.84. The third-order valence-electron chi connectivity index (χ3n) is 4.79. The van der Waals surface area contributed by atoms with Gasteiger partial charge in [0.05, 0.1) is 6.61 Å². The van der Waals surface area contributed by atoms with E-state index in [0.29, 0.717) is 44.7 Å². The number of ether oxygens (including phenoxy) is 2. The van der Waals surface area contributed by atoms with E-state index < -0.39 is 0 Å². The number of nitrogens with zero attached hydrogens (tertiary/aromatic N) is 1. The summed E-state index contributed by atoms with van der Waals surface area (Å²) < 4.78 is 11.0. The Morgan fingerprint density at radius 3 is 2.38 bits per heavy atom. The standard InChI is InChI=1S/C21H26N2O3/c22-13-18-14-23(15-20(18)17-7-3-1-4-8-17)21(24)16-25-11-12-26-19-9-5-2-6-10-19/h1-10,18,20H,11-16,22H2/t18-,20+/m1/s1. The zero-order chi connectivity index (χ0) is 18.2. The van der Waals surface area contributed by atoms with Crippen LogP contribution in [0.15, 0.2) is 60.7 Å². The molecular formula is C21H26N2O3. The first-order chi connectivity index (χ1) is 12.8. The highest BCUT2D eigenvalue weighted by molar-refractivity contribution is 5.78. The van der Waals surface area contributed by atoms with Gasteiger partial charge in [-0.2, -0.15) is 0 Å². The molecule has 0 aromatic heterocycles. The highest BCUT2D eigenvalue weighted by Gasteiger charge is 2.35. The summed E-state index contributed by atoms with van der Waals surface area (Å²) in [7, 11) is 0. The average Bonchev–Trinajstić information content (AvgIpc) is 3.14. The van der Waals surface area contributed by atoms with Gasteiger partial charge in [0, 0.05) is 19.0 Å². The molecule has 0 saturated carbocycles. The topological polar surface area (TPSA) is 64.8 Å². The fraction of sp³-hybridized carbons (Fsp3) is 0.381. The first-order valence-corrected chi connectivity index (χ1v) is 9.06. The van der Waals surface area contributed by atoms with Crippen LogP contribution in [0, 0.1) is 5.92 Å². The molecule has 2 atom stereocenters. The Balaban J connectivity index is 1.42. The van der Waals surface area contributed by atoms with Gasteiger partial charge in [-0.15, -0.1) is 0 Å². The molecule has 1 saturated heterocycles. The Labute approximate surface area is 154 Å². The molecule has 3 rings (SSSR count). The molecule has 1 amide bonds. The normalized spacial score (nSPS) is 19.5. The van der Waals surface area contributed by atoms with E-state index in [1.807, 2.05) is 53.4 Å². The first-order valence-electron chi connectivity index (χ1n) is 9.06. The number of hydrogen-bond donors (Lipinski definition) is 1. The number of carbonyl (C=O) groups excluding carboxylic acids is 1. The molecule has 0 unspecified atom stereocenters. The number of amides is 1. The van der Waals surface area contributed by atoms with Gasteiger partial charge in [0.1, 0.15) is 19.0 Å². The van der Waals surface area contributed by atoms with Crippen LogP contribution in [0.1, 0.15) is 11.5 Å². The maximum absolute atomic E-state index is 12.4. The van der Waals surface area contributed by atoms with Crippen LogP contribution in [0.25, 0.3) is 0 Å². The second kappa shape index (κ2) is 9.36. The third-order valence-corrected chi connectivity index (χ3v) is 4.79. The van der Waals surface area contributed by atoms with Crippen molar-refractivity contribution in [3.63, 3.8) is 0 Å². The summed E-state index contributed by atoms with van der Waals surface area (Å²) in [6.45, 7) is 2.87. The van der Waals surface area contributed by atoms with Crippen LogP contribution in [0.4, 0.5) is 0 Å². The summed E-state index contributed by atoms with van der Waals surface area (Å²) in [5, 5.41) is 0. The molecule has 1 aliphatic rings. The van der Waals surface area contributed by atoms with Gasteiger partial charge in [0.2, 0.25) is 5.91 Å². The monoisotopic (exact) mass is 354 g/mol. The number of hydrogen-bond acceptors (Lipinski definition) is 4. The lowest BCUT2D eigenvalue weighted by Gasteiger charge is -2.17. The van der Waals surface area contributed by atoms with Gasteiger partial charge < -0.3 is 20.1 Å². The van der Waals surface area contributed by atoms with Gasteiger partial charge in [-0.3, -0.25) is 4.79 Å². The summed E-state index contributed by atoms with van der Waals surface area (Å²) in [5.74, 6) is 1.41. The van der Waals surface area contributed by atoms with Crippen LogP contribution in [0.3, 0.4) is 0 Å². The second-order valence-electron chi connectivity index (χ2n) is 6.53. The fourth-order valence-electron chi connectivity index (χ4n) is 3.38. The Bertz CT molecular complexity index is 678. The van der Waals surface area contributed by atoms with E-state index >= 15 is 0 Å². The molecule has 138 valence electrons. The first kappa shape index (κ1) is 18.4. The molecule has 26 heavy (non-hydrogen) atoms. The second-order valence-corrected chi connectivity index (χ2v) is 6.53. The molecule has 5 nitrogen and oxygen atoms in total. The highest BCUT2D eigenvalue weighted by atomic mass is 16.5. The van der Waals surface area contributed by atoms with Crippen molar-refractivity contribution in [3.05, 3.63) is 66.2 Å². The van der Waals surface area contributed by atoms with Crippen molar-refractivity contribution in [2.24, 2.45) is 11.7 Å². The lowest BCUT2D eigenvalue weighted by molar-refractivity contribution is -0.135. The summed E-state index contributed by atoms with van der Waals surface area (Å²) in [6, 6.07) is 19.9. The van der Waals surface area contributed by atoms with Crippen LogP contribution in [0.5, 0.6) is 5.75 Å². The van der Waals surface area contributed by atoms with E-state index in [0.717, 1.165) is 5.75 Å². The summed E-state index contributed by atoms with van der Waals surface area (Å²) >= 11 is 0. The molecule has 0 radical (unpaired) electrons. The number of para-hydroxylation sites is 1. The zero-order valence-corrected chi connectivity index (χ0v) is 14.9. The fourth-order valence-corrected chi connectivity index (χ4v) is 3.38. The van der Waals surface area contributed by atoms with Crippen LogP contribution < -0.4 is 10.5 Å². The quantitative estimate of drug-likeness (QED) is 0.739. The molecule has 1 aliphatic heterocycles. The van der Waals surface area contributed by atoms with Crippen molar-refractivity contribution in [2.45, 2.75) is 5.92 Å². The number of rotatable bonds is 8. The number of benzene rings is 2. The lowest BCUT2D eigenvalue weighted by Crippen LogP contribution is -2.33. The zero-order valence-electron chi connectivity index (χ0n) is 14.9. The molecule has 0 spiro atoms. The van der Waals surface area contributed by atoms with E-state index in [2.05, 4.69) is 12.1 Å². The van der Waals surface area contributed by atoms with Gasteiger partial charge in [0.15, 0.2) is 0 Å². The minimum atomic E-state index is 0.0154. The van der Waals surface area contributed by atoms with Gasteiger partial charge >= 0.3 is 0 Å². The molecule has 2 N–H and O–H groups in total. The van der Waals surface area contributed by atoms with Crippen molar-refractivity contribution in [2.75, 3.05) is 39.5 Å². The van der Waals surface area contributed by atoms with Gasteiger partial charge in [0.25, 0.3) is 0 Å². The van der Waals surface area contributed by atoms with Crippen LogP contribution in [-0.4, -0.2) is 50.3 Å². The number of carbonyl (C=O) groups is 1. The molecule has 0 bridgehead atoms. The minimum Gasteiger partial charge on any atom is -0.491 e. The van der Waals surface area contributed by atoms with Gasteiger partial charge in [-0.05, 0) is 30.2 Å². The summed E-state index contributed by atoms with van der Waals surface area (Å²) in [6.07, 6.45) is 0. The van der Waals surface area contributed by atoms with Gasteiger partial charge in [-0.1, -0.05) is 48.5 Å². The molecule has 1 fully saturated rings. The van der Waals surface area contributed by atoms with Crippen LogP contribution >= 0.6 is 0 Å². The molecule has 0 aliphatic carbocycles. The van der Waals surface area contributed by atoms with Crippen LogP contribution in [0.2, 0.25) is 0 Å². The maximum atomic E-state index is 12.4. The van der Waals surface area contributed by atoms with E-state index in [4.69, 9.17) is 15.2 Å². The summed E-state index contributed by atoms with van der Waals surface area (Å²) in [4.78, 5) is 14.3. The molecular weight excluding hydrogens is 328 g/mol. The van der Waals surface area contributed by atoms with Crippen molar-refractivity contribution in [1.82, 2.24) is 4.90 Å². The van der Waals surface area contributed by atoms with Crippen molar-refractivity contribution < 1.29 is 14.3 Å². The summed E-state index contributed by atoms with van der Waals surface area (Å²) in [5.41, 5.74) is 7.18. The van der Waals surface area contributed by atoms with E-state index in [9.17, 15) is 4.79 Å². The highest BCUT2D eigenvalue weighted by Crippen LogP contribution is 2.31. The maximum Gasteiger partial charge on any atom is 0.248 e. The molecule has 5 heteroatoms. The van der Waals surface area contributed by atoms with E-state index in [1.54, 1.807) is 0 Å². The predicted molar refractivity (Wildman–Crippen MR) is 101 cm³/mol. The number of nitrogens with two attached hydrogens (primary N) is 1. The van der Waals surface area contributed by atoms with E-state index in [1.165, 1.54) is 5.56 Å². The van der Waals surface area contributed by atoms with Crippen molar-refractivity contribution in [3.8, 4) is 5.75 Å². The van der Waals surface area contributed by atoms with Crippen molar-refractivity contribution >= 4 is 5.91 Å². The Morgan fingerprint density at radius 2 is 1.69 bits per heavy atom. The molecule has 2 aromatic carbocycles. The van der Waals surface area contributed by atoms with Crippen molar-refractivity contribution in [1.29, 1.82) is 0 Å². The van der Waals surface area contributed by atoms with Gasteiger partial charge in [-0.25, -0.2) is 0 Å². The molecule has 2 aromatic rings. The average molecular weight is 354 g/mol. The number of likely N-dealkylation sites (tertiary alicyclic amines) is 1.